The summed E-state index contributed by atoms with van der Waals surface area (Å²) in [5.41, 5.74) is 8.16. The summed E-state index contributed by atoms with van der Waals surface area (Å²) in [7, 11) is -3.29. The smallest absolute Gasteiger partial charge is 0.251 e. The van der Waals surface area contributed by atoms with Crippen LogP contribution in [-0.4, -0.2) is 26.6 Å². The Morgan fingerprint density at radius 2 is 1.88 bits per heavy atom. The van der Waals surface area contributed by atoms with E-state index >= 15 is 0 Å². The van der Waals surface area contributed by atoms with E-state index in [4.69, 9.17) is 5.73 Å². The topological polar surface area (TPSA) is 89.3 Å². The van der Waals surface area contributed by atoms with Crippen LogP contribution in [0.4, 0.5) is 4.39 Å². The fourth-order valence-corrected chi connectivity index (χ4v) is 3.56. The molecule has 1 aliphatic rings. The molecule has 0 radical (unpaired) electrons. The number of nitrogens with one attached hydrogen (secondary N) is 1. The molecule has 0 saturated heterocycles. The largest absolute Gasteiger partial charge is 0.347 e. The summed E-state index contributed by atoms with van der Waals surface area (Å²) in [6.45, 7) is 0. The molecule has 0 saturated carbocycles. The van der Waals surface area contributed by atoms with Crippen LogP contribution in [0.15, 0.2) is 47.4 Å². The maximum absolute atomic E-state index is 12.9. The van der Waals surface area contributed by atoms with Gasteiger partial charge in [-0.05, 0) is 53.9 Å². The van der Waals surface area contributed by atoms with Gasteiger partial charge in [-0.15, -0.1) is 0 Å². The van der Waals surface area contributed by atoms with Crippen molar-refractivity contribution in [2.75, 3.05) is 6.26 Å². The van der Waals surface area contributed by atoms with Crippen LogP contribution in [0.3, 0.4) is 0 Å². The first-order valence-electron chi connectivity index (χ1n) is 7.40. The van der Waals surface area contributed by atoms with Gasteiger partial charge in [0.1, 0.15) is 5.82 Å². The predicted octanol–water partition coefficient (Wildman–Crippen LogP) is 1.58. The highest BCUT2D eigenvalue weighted by atomic mass is 32.2. The summed E-state index contributed by atoms with van der Waals surface area (Å²) in [6.07, 6.45) is 1.60. The zero-order valence-electron chi connectivity index (χ0n) is 13.0. The molecule has 1 amide bonds. The van der Waals surface area contributed by atoms with Crippen LogP contribution >= 0.6 is 0 Å². The van der Waals surface area contributed by atoms with Gasteiger partial charge in [0, 0.05) is 11.8 Å². The minimum Gasteiger partial charge on any atom is -0.347 e. The van der Waals surface area contributed by atoms with Crippen molar-refractivity contribution in [2.24, 2.45) is 5.73 Å². The molecular formula is C17H17FN2O3S. The van der Waals surface area contributed by atoms with Gasteiger partial charge in [-0.1, -0.05) is 6.07 Å². The summed E-state index contributed by atoms with van der Waals surface area (Å²) in [5.74, 6) is -0.753. The zero-order valence-corrected chi connectivity index (χ0v) is 13.8. The first-order valence-corrected chi connectivity index (χ1v) is 9.30. The van der Waals surface area contributed by atoms with E-state index in [9.17, 15) is 17.6 Å². The Hall–Kier alpha value is -2.25. The fraction of sp³-hybridized carbons (Fsp3) is 0.235. The van der Waals surface area contributed by atoms with Gasteiger partial charge in [-0.3, -0.25) is 4.79 Å². The molecule has 2 atom stereocenters. The number of halogens is 1. The number of sulfone groups is 1. The standard InChI is InChI=1S/C17H17FN2O3S/c1-24(22,23)13-6-7-14-11(8-13)9-15(16(14)19)20-17(21)10-2-4-12(18)5-3-10/h2-8,15-16H,9,19H2,1H3,(H,20,21). The molecule has 3 N–H and O–H groups in total. The highest BCUT2D eigenvalue weighted by molar-refractivity contribution is 7.90. The van der Waals surface area contributed by atoms with Crippen molar-refractivity contribution in [1.29, 1.82) is 0 Å². The molecule has 5 nitrogen and oxygen atoms in total. The molecule has 24 heavy (non-hydrogen) atoms. The van der Waals surface area contributed by atoms with E-state index in [1.807, 2.05) is 0 Å². The van der Waals surface area contributed by atoms with Gasteiger partial charge >= 0.3 is 0 Å². The van der Waals surface area contributed by atoms with Gasteiger partial charge in [0.2, 0.25) is 0 Å². The Kier molecular flexibility index (Phi) is 4.15. The third-order valence-corrected chi connectivity index (χ3v) is 5.31. The molecule has 0 aromatic heterocycles. The van der Waals surface area contributed by atoms with Crippen molar-refractivity contribution in [3.05, 3.63) is 65.0 Å². The fourth-order valence-electron chi connectivity index (χ4n) is 2.89. The van der Waals surface area contributed by atoms with Gasteiger partial charge in [0.15, 0.2) is 9.84 Å². The molecule has 126 valence electrons. The molecule has 1 aliphatic carbocycles. The molecule has 3 rings (SSSR count). The van der Waals surface area contributed by atoms with E-state index in [1.54, 1.807) is 12.1 Å². The van der Waals surface area contributed by atoms with E-state index in [0.717, 1.165) is 17.4 Å². The maximum atomic E-state index is 12.9. The molecule has 2 unspecified atom stereocenters. The van der Waals surface area contributed by atoms with Gasteiger partial charge in [-0.25, -0.2) is 12.8 Å². The highest BCUT2D eigenvalue weighted by Gasteiger charge is 2.31. The van der Waals surface area contributed by atoms with E-state index < -0.39 is 21.7 Å². The predicted molar refractivity (Wildman–Crippen MR) is 87.8 cm³/mol. The van der Waals surface area contributed by atoms with Gasteiger partial charge in [0.05, 0.1) is 17.0 Å². The van der Waals surface area contributed by atoms with Crippen molar-refractivity contribution >= 4 is 15.7 Å². The lowest BCUT2D eigenvalue weighted by Gasteiger charge is -2.18. The Bertz CT molecular complexity index is 895. The molecule has 0 aliphatic heterocycles. The van der Waals surface area contributed by atoms with E-state index in [1.165, 1.54) is 30.3 Å². The van der Waals surface area contributed by atoms with Crippen molar-refractivity contribution < 1.29 is 17.6 Å². The molecular weight excluding hydrogens is 331 g/mol. The van der Waals surface area contributed by atoms with Crippen molar-refractivity contribution in [3.8, 4) is 0 Å². The van der Waals surface area contributed by atoms with Crippen LogP contribution in [0.25, 0.3) is 0 Å². The number of benzene rings is 2. The van der Waals surface area contributed by atoms with Crippen molar-refractivity contribution in [1.82, 2.24) is 5.32 Å². The first kappa shape index (κ1) is 16.6. The van der Waals surface area contributed by atoms with E-state index in [2.05, 4.69) is 5.32 Å². The average molecular weight is 348 g/mol. The summed E-state index contributed by atoms with van der Waals surface area (Å²) in [6, 6.07) is 9.31. The Morgan fingerprint density at radius 1 is 1.21 bits per heavy atom. The monoisotopic (exact) mass is 348 g/mol. The van der Waals surface area contributed by atoms with Gasteiger partial charge in [0.25, 0.3) is 5.91 Å². The van der Waals surface area contributed by atoms with Gasteiger partial charge in [-0.2, -0.15) is 0 Å². The number of hydrogen-bond acceptors (Lipinski definition) is 4. The Morgan fingerprint density at radius 3 is 2.50 bits per heavy atom. The lowest BCUT2D eigenvalue weighted by atomic mass is 10.1. The second-order valence-corrected chi connectivity index (χ2v) is 7.97. The van der Waals surface area contributed by atoms with E-state index in [-0.39, 0.29) is 16.8 Å². The summed E-state index contributed by atoms with van der Waals surface area (Å²) >= 11 is 0. The van der Waals surface area contributed by atoms with Crippen LogP contribution in [0, 0.1) is 5.82 Å². The third-order valence-electron chi connectivity index (χ3n) is 4.20. The first-order chi connectivity index (χ1) is 11.3. The number of fused-ring (bicyclic) bond motifs is 1. The molecule has 0 bridgehead atoms. The number of carbonyl (C=O) groups excluding carboxylic acids is 1. The third kappa shape index (κ3) is 3.18. The lowest BCUT2D eigenvalue weighted by Crippen LogP contribution is -2.40. The number of hydrogen-bond donors (Lipinski definition) is 2. The second-order valence-electron chi connectivity index (χ2n) is 5.95. The molecule has 0 heterocycles. The lowest BCUT2D eigenvalue weighted by molar-refractivity contribution is 0.0933. The molecule has 7 heteroatoms. The number of carbonyl (C=O) groups is 1. The Labute approximate surface area is 139 Å². The second kappa shape index (κ2) is 5.99. The summed E-state index contributed by atoms with van der Waals surface area (Å²) < 4.78 is 36.2. The van der Waals surface area contributed by atoms with E-state index in [0.29, 0.717) is 12.0 Å². The average Bonchev–Trinajstić information content (AvgIpc) is 2.83. The molecule has 0 fully saturated rings. The van der Waals surface area contributed by atoms with Crippen molar-refractivity contribution in [2.45, 2.75) is 23.4 Å². The molecule has 2 aromatic rings. The quantitative estimate of drug-likeness (QED) is 0.881. The maximum Gasteiger partial charge on any atom is 0.251 e. The molecule has 0 spiro atoms. The minimum atomic E-state index is -3.29. The highest BCUT2D eigenvalue weighted by Crippen LogP contribution is 2.31. The van der Waals surface area contributed by atoms with Crippen LogP contribution in [0.1, 0.15) is 27.5 Å². The summed E-state index contributed by atoms with van der Waals surface area (Å²) in [5, 5.41) is 2.83. The minimum absolute atomic E-state index is 0.235. The van der Waals surface area contributed by atoms with Gasteiger partial charge < -0.3 is 11.1 Å². The van der Waals surface area contributed by atoms with Crippen LogP contribution in [-0.2, 0) is 16.3 Å². The number of amides is 1. The zero-order chi connectivity index (χ0) is 17.5. The van der Waals surface area contributed by atoms with Crippen LogP contribution < -0.4 is 11.1 Å². The van der Waals surface area contributed by atoms with Crippen LogP contribution in [0.5, 0.6) is 0 Å². The SMILES string of the molecule is CS(=O)(=O)c1ccc2c(c1)CC(NC(=O)c1ccc(F)cc1)C2N. The number of rotatable bonds is 3. The number of nitrogens with two attached hydrogens (primary N) is 1. The van der Waals surface area contributed by atoms with Crippen LogP contribution in [0.2, 0.25) is 0 Å². The summed E-state index contributed by atoms with van der Waals surface area (Å²) in [4.78, 5) is 12.5. The normalized spacial score (nSPS) is 19.8. The van der Waals surface area contributed by atoms with Crippen molar-refractivity contribution in [3.63, 3.8) is 0 Å². The molecule has 2 aromatic carbocycles. The Balaban J connectivity index is 1.79.